The molecule has 1 aliphatic rings. The lowest BCUT2D eigenvalue weighted by atomic mass is 10.1. The average molecular weight is 350 g/mol. The highest BCUT2D eigenvalue weighted by molar-refractivity contribution is 7.98. The molecule has 1 aromatic rings. The number of piperazine rings is 1. The van der Waals surface area contributed by atoms with E-state index in [-0.39, 0.29) is 5.91 Å². The molecule has 2 rings (SSSR count). The molecule has 1 unspecified atom stereocenters. The van der Waals surface area contributed by atoms with Crippen LogP contribution in [0.4, 0.5) is 10.5 Å². The Balaban J connectivity index is 1.95. The molecular weight excluding hydrogens is 324 g/mol. The van der Waals surface area contributed by atoms with Gasteiger partial charge in [-0.3, -0.25) is 4.79 Å². The zero-order valence-corrected chi connectivity index (χ0v) is 15.1. The summed E-state index contributed by atoms with van der Waals surface area (Å²) in [5, 5.41) is 2.58. The van der Waals surface area contributed by atoms with Crippen LogP contribution in [0.5, 0.6) is 0 Å². The number of urea groups is 1. The number of thioether (sulfide) groups is 1. The number of rotatable bonds is 6. The number of hydrogen-bond donors (Lipinski definition) is 2. The van der Waals surface area contributed by atoms with E-state index in [0.29, 0.717) is 19.5 Å². The van der Waals surface area contributed by atoms with Crippen LogP contribution in [0, 0.1) is 6.92 Å². The molecule has 1 fully saturated rings. The van der Waals surface area contributed by atoms with Crippen molar-refractivity contribution in [1.82, 2.24) is 10.2 Å². The van der Waals surface area contributed by atoms with Crippen molar-refractivity contribution in [3.05, 3.63) is 29.8 Å². The highest BCUT2D eigenvalue weighted by Gasteiger charge is 2.28. The molecule has 1 heterocycles. The number of anilines is 1. The molecule has 3 amide bonds. The molecule has 24 heavy (non-hydrogen) atoms. The van der Waals surface area contributed by atoms with Gasteiger partial charge in [0, 0.05) is 31.9 Å². The van der Waals surface area contributed by atoms with Gasteiger partial charge >= 0.3 is 6.03 Å². The summed E-state index contributed by atoms with van der Waals surface area (Å²) < 4.78 is 0. The molecule has 0 saturated carbocycles. The number of benzene rings is 1. The van der Waals surface area contributed by atoms with Gasteiger partial charge in [-0.1, -0.05) is 18.2 Å². The Morgan fingerprint density at radius 3 is 2.50 bits per heavy atom. The molecule has 132 valence electrons. The van der Waals surface area contributed by atoms with Gasteiger partial charge in [0.15, 0.2) is 0 Å². The zero-order valence-electron chi connectivity index (χ0n) is 14.3. The number of primary amides is 1. The van der Waals surface area contributed by atoms with E-state index in [9.17, 15) is 9.59 Å². The Hall–Kier alpha value is -1.89. The number of nitrogens with zero attached hydrogens (tertiary/aromatic N) is 2. The largest absolute Gasteiger partial charge is 0.368 e. The molecule has 1 atom stereocenters. The lowest BCUT2D eigenvalue weighted by Gasteiger charge is -2.38. The Labute approximate surface area is 147 Å². The van der Waals surface area contributed by atoms with Crippen molar-refractivity contribution in [3.8, 4) is 0 Å². The highest BCUT2D eigenvalue weighted by atomic mass is 32.2. The lowest BCUT2D eigenvalue weighted by Crippen LogP contribution is -2.55. The van der Waals surface area contributed by atoms with Gasteiger partial charge in [0.05, 0.1) is 0 Å². The quantitative estimate of drug-likeness (QED) is 0.814. The molecule has 1 saturated heterocycles. The average Bonchev–Trinajstić information content (AvgIpc) is 2.58. The van der Waals surface area contributed by atoms with Crippen LogP contribution in [0.15, 0.2) is 24.3 Å². The fourth-order valence-electron chi connectivity index (χ4n) is 2.97. The second-order valence-corrected chi connectivity index (χ2v) is 6.93. The normalized spacial score (nSPS) is 15.9. The summed E-state index contributed by atoms with van der Waals surface area (Å²) in [6.45, 7) is 5.00. The molecule has 0 spiro atoms. The third-order valence-corrected chi connectivity index (χ3v) is 4.92. The van der Waals surface area contributed by atoms with Gasteiger partial charge in [-0.2, -0.15) is 11.8 Å². The maximum atomic E-state index is 12.7. The van der Waals surface area contributed by atoms with Crippen molar-refractivity contribution in [2.75, 3.05) is 43.1 Å². The van der Waals surface area contributed by atoms with Crippen molar-refractivity contribution in [2.45, 2.75) is 19.4 Å². The first-order chi connectivity index (χ1) is 11.5. The first kappa shape index (κ1) is 18.4. The number of carbonyl (C=O) groups excluding carboxylic acids is 2. The number of nitrogens with two attached hydrogens (primary N) is 1. The second-order valence-electron chi connectivity index (χ2n) is 5.94. The molecule has 3 N–H and O–H groups in total. The van der Waals surface area contributed by atoms with E-state index in [1.807, 2.05) is 23.3 Å². The van der Waals surface area contributed by atoms with Crippen LogP contribution in [0.3, 0.4) is 0 Å². The van der Waals surface area contributed by atoms with E-state index < -0.39 is 12.1 Å². The number of carbonyl (C=O) groups is 2. The van der Waals surface area contributed by atoms with Crippen LogP contribution in [0.2, 0.25) is 0 Å². The fourth-order valence-corrected chi connectivity index (χ4v) is 3.44. The highest BCUT2D eigenvalue weighted by Crippen LogP contribution is 2.21. The van der Waals surface area contributed by atoms with Crippen molar-refractivity contribution >= 4 is 29.4 Å². The van der Waals surface area contributed by atoms with Gasteiger partial charge < -0.3 is 20.9 Å². The molecule has 0 radical (unpaired) electrons. The van der Waals surface area contributed by atoms with Gasteiger partial charge in [0.1, 0.15) is 6.04 Å². The van der Waals surface area contributed by atoms with Gasteiger partial charge in [-0.25, -0.2) is 4.79 Å². The first-order valence-corrected chi connectivity index (χ1v) is 9.56. The molecule has 0 aromatic heterocycles. The summed E-state index contributed by atoms with van der Waals surface area (Å²) in [5.41, 5.74) is 7.67. The van der Waals surface area contributed by atoms with E-state index in [1.54, 1.807) is 11.8 Å². The number of nitrogens with one attached hydrogen (secondary N) is 1. The number of amides is 3. The Bertz CT molecular complexity index is 573. The summed E-state index contributed by atoms with van der Waals surface area (Å²) in [4.78, 5) is 28.0. The summed E-state index contributed by atoms with van der Waals surface area (Å²) in [6, 6.07) is 7.11. The van der Waals surface area contributed by atoms with Crippen molar-refractivity contribution < 1.29 is 9.59 Å². The predicted octanol–water partition coefficient (Wildman–Crippen LogP) is 1.43. The Morgan fingerprint density at radius 2 is 1.92 bits per heavy atom. The van der Waals surface area contributed by atoms with Crippen molar-refractivity contribution in [3.63, 3.8) is 0 Å². The van der Waals surface area contributed by atoms with Gasteiger partial charge in [0.2, 0.25) is 5.91 Å². The SMILES string of the molecule is CSCCC(NC(N)=O)C(=O)N1CCN(c2ccccc2C)CC1. The van der Waals surface area contributed by atoms with Gasteiger partial charge in [-0.15, -0.1) is 0 Å². The number of aryl methyl sites for hydroxylation is 1. The van der Waals surface area contributed by atoms with Crippen LogP contribution in [-0.4, -0.2) is 61.1 Å². The topological polar surface area (TPSA) is 78.7 Å². The summed E-state index contributed by atoms with van der Waals surface area (Å²) >= 11 is 1.65. The second kappa shape index (κ2) is 8.82. The fraction of sp³-hybridized carbons (Fsp3) is 0.529. The first-order valence-electron chi connectivity index (χ1n) is 8.17. The molecule has 0 bridgehead atoms. The summed E-state index contributed by atoms with van der Waals surface area (Å²) in [7, 11) is 0. The van der Waals surface area contributed by atoms with E-state index >= 15 is 0 Å². The van der Waals surface area contributed by atoms with Crippen LogP contribution in [-0.2, 0) is 4.79 Å². The van der Waals surface area contributed by atoms with E-state index in [0.717, 1.165) is 18.8 Å². The standard InChI is InChI=1S/C17H26N4O2S/c1-13-5-3-4-6-15(13)20-8-10-21(11-9-20)16(22)14(7-12-24-2)19-17(18)23/h3-6,14H,7-12H2,1-2H3,(H3,18,19,23). The van der Waals surface area contributed by atoms with Crippen LogP contribution in [0.25, 0.3) is 0 Å². The lowest BCUT2D eigenvalue weighted by molar-refractivity contribution is -0.133. The molecular formula is C17H26N4O2S. The van der Waals surface area contributed by atoms with Gasteiger partial charge in [0.25, 0.3) is 0 Å². The van der Waals surface area contributed by atoms with Crippen molar-refractivity contribution in [1.29, 1.82) is 0 Å². The zero-order chi connectivity index (χ0) is 17.5. The Kier molecular flexibility index (Phi) is 6.78. The Morgan fingerprint density at radius 1 is 1.25 bits per heavy atom. The predicted molar refractivity (Wildman–Crippen MR) is 99.5 cm³/mol. The smallest absolute Gasteiger partial charge is 0.312 e. The molecule has 6 nitrogen and oxygen atoms in total. The third-order valence-electron chi connectivity index (χ3n) is 4.27. The van der Waals surface area contributed by atoms with E-state index in [4.69, 9.17) is 5.73 Å². The monoisotopic (exact) mass is 350 g/mol. The molecule has 1 aliphatic heterocycles. The minimum atomic E-state index is -0.645. The number of hydrogen-bond acceptors (Lipinski definition) is 4. The van der Waals surface area contributed by atoms with Crippen LogP contribution < -0.4 is 16.0 Å². The van der Waals surface area contributed by atoms with Crippen molar-refractivity contribution in [2.24, 2.45) is 5.73 Å². The molecule has 1 aromatic carbocycles. The maximum Gasteiger partial charge on any atom is 0.312 e. The minimum absolute atomic E-state index is 0.0349. The summed E-state index contributed by atoms with van der Waals surface area (Å²) in [6.07, 6.45) is 2.58. The number of para-hydroxylation sites is 1. The third kappa shape index (κ3) is 4.80. The van der Waals surface area contributed by atoms with E-state index in [1.165, 1.54) is 11.3 Å². The summed E-state index contributed by atoms with van der Waals surface area (Å²) in [5.74, 6) is 0.770. The molecule has 0 aliphatic carbocycles. The van der Waals surface area contributed by atoms with E-state index in [2.05, 4.69) is 29.3 Å². The maximum absolute atomic E-state index is 12.7. The minimum Gasteiger partial charge on any atom is -0.368 e. The van der Waals surface area contributed by atoms with Crippen LogP contribution in [0.1, 0.15) is 12.0 Å². The van der Waals surface area contributed by atoms with Crippen LogP contribution >= 0.6 is 11.8 Å². The molecule has 7 heteroatoms. The van der Waals surface area contributed by atoms with Gasteiger partial charge in [-0.05, 0) is 37.0 Å².